The first-order chi connectivity index (χ1) is 15.5. The van der Waals surface area contributed by atoms with E-state index in [0.717, 1.165) is 11.3 Å². The van der Waals surface area contributed by atoms with E-state index in [2.05, 4.69) is 29.5 Å². The zero-order valence-electron chi connectivity index (χ0n) is 18.9. The average molecular weight is 451 g/mol. The summed E-state index contributed by atoms with van der Waals surface area (Å²) in [7, 11) is 0. The molecular formula is C26H30N2O3S. The molecule has 1 aromatic heterocycles. The fourth-order valence-electron chi connectivity index (χ4n) is 4.60. The van der Waals surface area contributed by atoms with Crippen molar-refractivity contribution in [2.24, 2.45) is 4.99 Å². The first-order valence-corrected chi connectivity index (χ1v) is 12.1. The van der Waals surface area contributed by atoms with Crippen LogP contribution in [0.5, 0.6) is 0 Å². The van der Waals surface area contributed by atoms with E-state index in [0.29, 0.717) is 16.0 Å². The number of hydrogen-bond donors (Lipinski definition) is 1. The molecule has 6 heteroatoms. The SMILES string of the molecule is CCOC(=O)C1=C(O)/C(=C/c2cc(C)n(C3CCCCC3)c2C)SC1=Nc1ccccc1. The van der Waals surface area contributed by atoms with Crippen molar-refractivity contribution in [3.8, 4) is 0 Å². The zero-order chi connectivity index (χ0) is 22.7. The fraction of sp³-hybridized carbons (Fsp3) is 0.385. The maximum absolute atomic E-state index is 12.6. The summed E-state index contributed by atoms with van der Waals surface area (Å²) >= 11 is 1.31. The molecule has 5 nitrogen and oxygen atoms in total. The number of aliphatic hydroxyl groups is 1. The molecule has 1 aromatic carbocycles. The van der Waals surface area contributed by atoms with Crippen molar-refractivity contribution < 1.29 is 14.6 Å². The van der Waals surface area contributed by atoms with Crippen LogP contribution in [0.3, 0.4) is 0 Å². The van der Waals surface area contributed by atoms with Crippen LogP contribution >= 0.6 is 11.8 Å². The average Bonchev–Trinajstić information content (AvgIpc) is 3.24. The third kappa shape index (κ3) is 4.56. The highest BCUT2D eigenvalue weighted by atomic mass is 32.2. The Hall–Kier alpha value is -2.73. The van der Waals surface area contributed by atoms with Crippen molar-refractivity contribution in [3.05, 3.63) is 69.6 Å². The Morgan fingerprint density at radius 2 is 1.94 bits per heavy atom. The van der Waals surface area contributed by atoms with E-state index in [9.17, 15) is 9.90 Å². The van der Waals surface area contributed by atoms with Crippen LogP contribution in [0.1, 0.15) is 62.0 Å². The maximum Gasteiger partial charge on any atom is 0.344 e. The molecule has 1 fully saturated rings. The van der Waals surface area contributed by atoms with E-state index in [1.807, 2.05) is 36.4 Å². The van der Waals surface area contributed by atoms with Gasteiger partial charge in [-0.3, -0.25) is 0 Å². The van der Waals surface area contributed by atoms with Gasteiger partial charge in [0.05, 0.1) is 17.2 Å². The number of esters is 1. The molecule has 1 aliphatic heterocycles. The number of para-hydroxylation sites is 1. The third-order valence-electron chi connectivity index (χ3n) is 6.11. The number of ether oxygens (including phenoxy) is 1. The van der Waals surface area contributed by atoms with Gasteiger partial charge in [-0.15, -0.1) is 0 Å². The number of rotatable bonds is 5. The smallest absolute Gasteiger partial charge is 0.344 e. The minimum absolute atomic E-state index is 0.0643. The van der Waals surface area contributed by atoms with Crippen LogP contribution in [-0.4, -0.2) is 27.3 Å². The Kier molecular flexibility index (Phi) is 6.89. The number of aromatic nitrogens is 1. The Morgan fingerprint density at radius 3 is 2.62 bits per heavy atom. The summed E-state index contributed by atoms with van der Waals surface area (Å²) in [6.07, 6.45) is 8.27. The number of hydrogen-bond acceptors (Lipinski definition) is 5. The fourth-order valence-corrected chi connectivity index (χ4v) is 5.63. The van der Waals surface area contributed by atoms with Gasteiger partial charge in [0.1, 0.15) is 16.4 Å². The second-order valence-electron chi connectivity index (χ2n) is 8.30. The molecule has 0 amide bonds. The Balaban J connectivity index is 1.72. The monoisotopic (exact) mass is 450 g/mol. The number of carbonyl (C=O) groups is 1. The minimum Gasteiger partial charge on any atom is -0.506 e. The van der Waals surface area contributed by atoms with Crippen LogP contribution in [0.25, 0.3) is 6.08 Å². The molecular weight excluding hydrogens is 420 g/mol. The highest BCUT2D eigenvalue weighted by Gasteiger charge is 2.33. The van der Waals surface area contributed by atoms with Gasteiger partial charge in [0.2, 0.25) is 0 Å². The second kappa shape index (κ2) is 9.82. The number of aryl methyl sites for hydroxylation is 1. The lowest BCUT2D eigenvalue weighted by Gasteiger charge is -2.26. The van der Waals surface area contributed by atoms with Gasteiger partial charge in [0, 0.05) is 17.4 Å². The van der Waals surface area contributed by atoms with Crippen molar-refractivity contribution >= 4 is 34.5 Å². The molecule has 2 aromatic rings. The summed E-state index contributed by atoms with van der Waals surface area (Å²) in [4.78, 5) is 17.9. The molecule has 1 N–H and O–H groups in total. The molecule has 1 saturated carbocycles. The van der Waals surface area contributed by atoms with Crippen LogP contribution in [0.4, 0.5) is 5.69 Å². The second-order valence-corrected chi connectivity index (χ2v) is 9.33. The van der Waals surface area contributed by atoms with Crippen molar-refractivity contribution in [2.45, 2.75) is 58.9 Å². The summed E-state index contributed by atoms with van der Waals surface area (Å²) < 4.78 is 7.65. The van der Waals surface area contributed by atoms with Crippen LogP contribution < -0.4 is 0 Å². The quantitative estimate of drug-likeness (QED) is 0.509. The number of thioether (sulfide) groups is 1. The molecule has 0 saturated heterocycles. The lowest BCUT2D eigenvalue weighted by Crippen LogP contribution is -2.15. The number of aliphatic imine (C=N–C) groups is 1. The van der Waals surface area contributed by atoms with Gasteiger partial charge >= 0.3 is 5.97 Å². The number of nitrogens with zero attached hydrogens (tertiary/aromatic N) is 2. The normalized spacial score (nSPS) is 19.8. The summed E-state index contributed by atoms with van der Waals surface area (Å²) in [5.41, 5.74) is 4.35. The number of carbonyl (C=O) groups excluding carboxylic acids is 1. The van der Waals surface area contributed by atoms with E-state index in [1.165, 1.54) is 55.3 Å². The zero-order valence-corrected chi connectivity index (χ0v) is 19.7. The van der Waals surface area contributed by atoms with Gasteiger partial charge in [-0.25, -0.2) is 9.79 Å². The highest BCUT2D eigenvalue weighted by molar-refractivity contribution is 8.18. The van der Waals surface area contributed by atoms with Crippen LogP contribution in [-0.2, 0) is 9.53 Å². The molecule has 32 heavy (non-hydrogen) atoms. The van der Waals surface area contributed by atoms with E-state index in [1.54, 1.807) is 6.92 Å². The van der Waals surface area contributed by atoms with Crippen LogP contribution in [0.2, 0.25) is 0 Å². The lowest BCUT2D eigenvalue weighted by molar-refractivity contribution is -0.138. The van der Waals surface area contributed by atoms with Crippen molar-refractivity contribution in [1.82, 2.24) is 4.57 Å². The van der Waals surface area contributed by atoms with Crippen molar-refractivity contribution in [1.29, 1.82) is 0 Å². The van der Waals surface area contributed by atoms with Gasteiger partial charge in [0.15, 0.2) is 0 Å². The molecule has 0 bridgehead atoms. The topological polar surface area (TPSA) is 63.8 Å². The molecule has 0 spiro atoms. The molecule has 2 heterocycles. The van der Waals surface area contributed by atoms with Crippen LogP contribution in [0, 0.1) is 13.8 Å². The standard InChI is InChI=1S/C26H30N2O3S/c1-4-31-26(30)23-24(29)22(32-25(23)27-20-11-7-5-8-12-20)16-19-15-17(2)28(18(19)3)21-13-9-6-10-14-21/h5,7-8,11-12,15-16,21,29H,4,6,9-10,13-14H2,1-3H3/b22-16-,27-25?. The third-order valence-corrected chi connectivity index (χ3v) is 7.13. The van der Waals surface area contributed by atoms with Crippen molar-refractivity contribution in [3.63, 3.8) is 0 Å². The van der Waals surface area contributed by atoms with Crippen LogP contribution in [0.15, 0.2) is 57.6 Å². The van der Waals surface area contributed by atoms with Gasteiger partial charge < -0.3 is 14.4 Å². The van der Waals surface area contributed by atoms with Gasteiger partial charge in [0.25, 0.3) is 0 Å². The number of aliphatic hydroxyl groups excluding tert-OH is 1. The van der Waals surface area contributed by atoms with E-state index in [-0.39, 0.29) is 17.9 Å². The highest BCUT2D eigenvalue weighted by Crippen LogP contribution is 2.41. The van der Waals surface area contributed by atoms with E-state index in [4.69, 9.17) is 4.74 Å². The predicted octanol–water partition coefficient (Wildman–Crippen LogP) is 6.80. The first kappa shape index (κ1) is 22.5. The van der Waals surface area contributed by atoms with Gasteiger partial charge in [-0.1, -0.05) is 49.2 Å². The maximum atomic E-state index is 12.6. The minimum atomic E-state index is -0.553. The van der Waals surface area contributed by atoms with Gasteiger partial charge in [-0.2, -0.15) is 0 Å². The van der Waals surface area contributed by atoms with E-state index >= 15 is 0 Å². The van der Waals surface area contributed by atoms with Crippen molar-refractivity contribution in [2.75, 3.05) is 6.61 Å². The predicted molar refractivity (Wildman–Crippen MR) is 131 cm³/mol. The molecule has 0 radical (unpaired) electrons. The summed E-state index contributed by atoms with van der Waals surface area (Å²) in [6.45, 7) is 6.27. The Morgan fingerprint density at radius 1 is 1.22 bits per heavy atom. The molecule has 2 aliphatic rings. The molecule has 1 aliphatic carbocycles. The Labute approximate surface area is 193 Å². The first-order valence-electron chi connectivity index (χ1n) is 11.3. The lowest BCUT2D eigenvalue weighted by atomic mass is 9.95. The molecule has 0 unspecified atom stereocenters. The summed E-state index contributed by atoms with van der Waals surface area (Å²) in [6, 6.07) is 12.1. The largest absolute Gasteiger partial charge is 0.506 e. The Bertz CT molecular complexity index is 1090. The number of benzene rings is 1. The molecule has 4 rings (SSSR count). The van der Waals surface area contributed by atoms with Gasteiger partial charge in [-0.05, 0) is 63.5 Å². The molecule has 168 valence electrons. The summed E-state index contributed by atoms with van der Waals surface area (Å²) in [5, 5.41) is 11.4. The summed E-state index contributed by atoms with van der Waals surface area (Å²) in [5.74, 6) is -0.617. The van der Waals surface area contributed by atoms with E-state index < -0.39 is 5.97 Å². The molecule has 0 atom stereocenters.